The Bertz CT molecular complexity index is 1140. The first-order valence-corrected chi connectivity index (χ1v) is 13.9. The van der Waals surface area contributed by atoms with Gasteiger partial charge >= 0.3 is 0 Å². The molecule has 3 heterocycles. The van der Waals surface area contributed by atoms with Crippen LogP contribution in [0, 0.1) is 0 Å². The Morgan fingerprint density at radius 2 is 1.62 bits per heavy atom. The highest BCUT2D eigenvalue weighted by molar-refractivity contribution is 7.89. The first kappa shape index (κ1) is 23.2. The zero-order valence-electron chi connectivity index (χ0n) is 19.5. The van der Waals surface area contributed by atoms with Crippen LogP contribution in [0.3, 0.4) is 0 Å². The predicted octanol–water partition coefficient (Wildman–Crippen LogP) is 4.11. The number of amides is 1. The monoisotopic (exact) mass is 483 g/mol. The second kappa shape index (κ2) is 9.96. The van der Waals surface area contributed by atoms with E-state index in [-0.39, 0.29) is 16.8 Å². The summed E-state index contributed by atoms with van der Waals surface area (Å²) in [5.74, 6) is 0.523. The molecule has 34 heavy (non-hydrogen) atoms. The van der Waals surface area contributed by atoms with Crippen molar-refractivity contribution in [2.75, 3.05) is 37.7 Å². The maximum absolute atomic E-state index is 13.7. The lowest BCUT2D eigenvalue weighted by Crippen LogP contribution is -2.38. The van der Waals surface area contributed by atoms with Crippen molar-refractivity contribution in [3.05, 3.63) is 53.6 Å². The normalized spacial score (nSPS) is 21.4. The average molecular weight is 484 g/mol. The quantitative estimate of drug-likeness (QED) is 0.693. The van der Waals surface area contributed by atoms with Gasteiger partial charge in [0, 0.05) is 43.7 Å². The third-order valence-corrected chi connectivity index (χ3v) is 9.04. The number of sulfonamides is 1. The van der Waals surface area contributed by atoms with Gasteiger partial charge in [0.1, 0.15) is 10.6 Å². The highest BCUT2D eigenvalue weighted by atomic mass is 32.2. The van der Waals surface area contributed by atoms with E-state index >= 15 is 0 Å². The zero-order chi connectivity index (χ0) is 23.5. The van der Waals surface area contributed by atoms with Crippen molar-refractivity contribution in [2.45, 2.75) is 55.9 Å². The lowest BCUT2D eigenvalue weighted by molar-refractivity contribution is 0.0924. The number of carbonyl (C=O) groups is 1. The second-order valence-electron chi connectivity index (χ2n) is 9.40. The van der Waals surface area contributed by atoms with Gasteiger partial charge in [0.05, 0.1) is 18.3 Å². The summed E-state index contributed by atoms with van der Waals surface area (Å²) in [5, 5.41) is 3.11. The molecular formula is C26H33N3O4S. The molecule has 8 heteroatoms. The summed E-state index contributed by atoms with van der Waals surface area (Å²) in [5.41, 5.74) is 2.05. The number of nitrogens with zero attached hydrogens (tertiary/aromatic N) is 2. The van der Waals surface area contributed by atoms with E-state index in [0.717, 1.165) is 68.6 Å². The Morgan fingerprint density at radius 3 is 2.38 bits per heavy atom. The molecule has 0 spiro atoms. The highest BCUT2D eigenvalue weighted by Crippen LogP contribution is 2.34. The van der Waals surface area contributed by atoms with Crippen LogP contribution in [0.2, 0.25) is 0 Å². The molecule has 0 aliphatic carbocycles. The third kappa shape index (κ3) is 4.66. The van der Waals surface area contributed by atoms with E-state index in [1.165, 1.54) is 0 Å². The Balaban J connectivity index is 1.46. The van der Waals surface area contributed by atoms with Crippen molar-refractivity contribution >= 4 is 21.6 Å². The van der Waals surface area contributed by atoms with Crippen molar-refractivity contribution < 1.29 is 17.9 Å². The van der Waals surface area contributed by atoms with Crippen LogP contribution in [-0.2, 0) is 10.0 Å². The molecule has 0 aromatic heterocycles. The predicted molar refractivity (Wildman–Crippen MR) is 132 cm³/mol. The summed E-state index contributed by atoms with van der Waals surface area (Å²) < 4.78 is 34.8. The average Bonchev–Trinajstić information content (AvgIpc) is 2.89. The summed E-state index contributed by atoms with van der Waals surface area (Å²) in [7, 11) is -3.69. The van der Waals surface area contributed by atoms with Crippen LogP contribution in [0.4, 0.5) is 5.69 Å². The minimum Gasteiger partial charge on any atom is -0.493 e. The first-order valence-electron chi connectivity index (χ1n) is 12.5. The molecule has 7 nitrogen and oxygen atoms in total. The SMILES string of the molecule is O=C(NC1CCOc2ccccc21)c1ccc(N2CCCCC2)c(S(=O)(=O)N2CCCCC2)c1. The Hall–Kier alpha value is -2.58. The van der Waals surface area contributed by atoms with Crippen molar-refractivity contribution in [1.82, 2.24) is 9.62 Å². The molecule has 1 atom stereocenters. The van der Waals surface area contributed by atoms with Gasteiger partial charge in [0.15, 0.2) is 0 Å². The number of anilines is 1. The molecule has 1 N–H and O–H groups in total. The van der Waals surface area contributed by atoms with Gasteiger partial charge in [0.2, 0.25) is 10.0 Å². The molecule has 3 aliphatic heterocycles. The minimum atomic E-state index is -3.69. The number of hydrogen-bond acceptors (Lipinski definition) is 5. The summed E-state index contributed by atoms with van der Waals surface area (Å²) >= 11 is 0. The van der Waals surface area contributed by atoms with Crippen molar-refractivity contribution in [3.63, 3.8) is 0 Å². The van der Waals surface area contributed by atoms with Crippen LogP contribution in [0.5, 0.6) is 5.75 Å². The van der Waals surface area contributed by atoms with E-state index in [4.69, 9.17) is 4.74 Å². The van der Waals surface area contributed by atoms with Crippen LogP contribution < -0.4 is 15.0 Å². The summed E-state index contributed by atoms with van der Waals surface area (Å²) in [6.07, 6.45) is 6.75. The second-order valence-corrected chi connectivity index (χ2v) is 11.3. The summed E-state index contributed by atoms with van der Waals surface area (Å²) in [6.45, 7) is 3.29. The number of fused-ring (bicyclic) bond motifs is 1. The van der Waals surface area contributed by atoms with Crippen LogP contribution in [0.25, 0.3) is 0 Å². The maximum Gasteiger partial charge on any atom is 0.251 e. The van der Waals surface area contributed by atoms with E-state index in [1.54, 1.807) is 16.4 Å². The number of hydrogen-bond donors (Lipinski definition) is 1. The lowest BCUT2D eigenvalue weighted by Gasteiger charge is -2.33. The molecule has 2 aromatic carbocycles. The molecule has 1 amide bonds. The standard InChI is InChI=1S/C26H33N3O4S/c30-26(27-22-13-18-33-24-10-4-3-9-21(22)24)20-11-12-23(28-14-5-1-6-15-28)25(19-20)34(31,32)29-16-7-2-8-17-29/h3-4,9-12,19,22H,1-2,5-8,13-18H2,(H,27,30). The van der Waals surface area contributed by atoms with Crippen molar-refractivity contribution in [2.24, 2.45) is 0 Å². The van der Waals surface area contributed by atoms with Crippen LogP contribution >= 0.6 is 0 Å². The smallest absolute Gasteiger partial charge is 0.251 e. The van der Waals surface area contributed by atoms with Gasteiger partial charge in [-0.3, -0.25) is 4.79 Å². The molecule has 2 fully saturated rings. The minimum absolute atomic E-state index is 0.165. The van der Waals surface area contributed by atoms with Gasteiger partial charge in [-0.25, -0.2) is 8.42 Å². The Morgan fingerprint density at radius 1 is 0.912 bits per heavy atom. The zero-order valence-corrected chi connectivity index (χ0v) is 20.4. The Kier molecular flexibility index (Phi) is 6.79. The molecule has 0 bridgehead atoms. The molecule has 2 saturated heterocycles. The fourth-order valence-electron chi connectivity index (χ4n) is 5.24. The molecule has 5 rings (SSSR count). The van der Waals surface area contributed by atoms with Gasteiger partial charge in [0.25, 0.3) is 5.91 Å². The molecule has 0 radical (unpaired) electrons. The lowest BCUT2D eigenvalue weighted by atomic mass is 10.00. The molecule has 2 aromatic rings. The third-order valence-electron chi connectivity index (χ3n) is 7.12. The topological polar surface area (TPSA) is 79.0 Å². The van der Waals surface area contributed by atoms with Gasteiger partial charge in [-0.05, 0) is 56.4 Å². The van der Waals surface area contributed by atoms with Gasteiger partial charge in [-0.1, -0.05) is 24.6 Å². The van der Waals surface area contributed by atoms with Crippen LogP contribution in [-0.4, -0.2) is 51.4 Å². The molecular weight excluding hydrogens is 450 g/mol. The summed E-state index contributed by atoms with van der Waals surface area (Å²) in [6, 6.07) is 12.7. The molecule has 3 aliphatic rings. The van der Waals surface area contributed by atoms with Gasteiger partial charge < -0.3 is 15.0 Å². The fraction of sp³-hybridized carbons (Fsp3) is 0.500. The number of ether oxygens (including phenoxy) is 1. The van der Waals surface area contributed by atoms with E-state index in [9.17, 15) is 13.2 Å². The van der Waals surface area contributed by atoms with E-state index in [1.807, 2.05) is 30.3 Å². The number of benzene rings is 2. The van der Waals surface area contributed by atoms with Gasteiger partial charge in [-0.15, -0.1) is 0 Å². The number of rotatable bonds is 5. The molecule has 0 saturated carbocycles. The van der Waals surface area contributed by atoms with Crippen LogP contribution in [0.1, 0.15) is 66.9 Å². The fourth-order valence-corrected chi connectivity index (χ4v) is 6.99. The maximum atomic E-state index is 13.7. The summed E-state index contributed by atoms with van der Waals surface area (Å²) in [4.78, 5) is 15.7. The van der Waals surface area contributed by atoms with Crippen LogP contribution in [0.15, 0.2) is 47.4 Å². The van der Waals surface area contributed by atoms with E-state index in [2.05, 4.69) is 10.2 Å². The highest BCUT2D eigenvalue weighted by Gasteiger charge is 2.31. The van der Waals surface area contributed by atoms with E-state index in [0.29, 0.717) is 31.7 Å². The molecule has 182 valence electrons. The van der Waals surface area contributed by atoms with Crippen molar-refractivity contribution in [1.29, 1.82) is 0 Å². The number of piperidine rings is 2. The van der Waals surface area contributed by atoms with E-state index < -0.39 is 10.0 Å². The number of nitrogens with one attached hydrogen (secondary N) is 1. The van der Waals surface area contributed by atoms with Crippen molar-refractivity contribution in [3.8, 4) is 5.75 Å². The number of para-hydroxylation sites is 1. The molecule has 1 unspecified atom stereocenters. The first-order chi connectivity index (χ1) is 16.5. The largest absolute Gasteiger partial charge is 0.493 e. The number of carbonyl (C=O) groups excluding carboxylic acids is 1. The van der Waals surface area contributed by atoms with Gasteiger partial charge in [-0.2, -0.15) is 4.31 Å². The Labute approximate surface area is 202 Å².